The molecule has 17 heavy (non-hydrogen) atoms. The highest BCUT2D eigenvalue weighted by Gasteiger charge is 2.42. The highest BCUT2D eigenvalue weighted by molar-refractivity contribution is 4.95. The van der Waals surface area contributed by atoms with Gasteiger partial charge in [-0.15, -0.1) is 0 Å². The fourth-order valence-corrected chi connectivity index (χ4v) is 2.87. The first-order valence-electron chi connectivity index (χ1n) is 7.03. The highest BCUT2D eigenvalue weighted by atomic mass is 16.5. The first-order valence-corrected chi connectivity index (χ1v) is 7.03. The van der Waals surface area contributed by atoms with Gasteiger partial charge in [0.15, 0.2) is 0 Å². The van der Waals surface area contributed by atoms with Crippen molar-refractivity contribution < 1.29 is 9.47 Å². The summed E-state index contributed by atoms with van der Waals surface area (Å²) in [6.07, 6.45) is 9.50. The summed E-state index contributed by atoms with van der Waals surface area (Å²) in [6, 6.07) is 0.724. The lowest BCUT2D eigenvalue weighted by molar-refractivity contribution is 0.0616. The van der Waals surface area contributed by atoms with Crippen LogP contribution in [0.5, 0.6) is 0 Å². The van der Waals surface area contributed by atoms with Crippen LogP contribution in [0.3, 0.4) is 0 Å². The SMILES string of the molecule is COCCC1(CNC2CCC(OC)CC2)CC1. The summed E-state index contributed by atoms with van der Waals surface area (Å²) in [5, 5.41) is 3.77. The molecule has 0 amide bonds. The van der Waals surface area contributed by atoms with Crippen LogP contribution >= 0.6 is 0 Å². The molecule has 2 aliphatic carbocycles. The molecule has 2 saturated carbocycles. The molecule has 0 atom stereocenters. The molecule has 1 N–H and O–H groups in total. The van der Waals surface area contributed by atoms with E-state index >= 15 is 0 Å². The molecular weight excluding hydrogens is 214 g/mol. The van der Waals surface area contributed by atoms with Crippen molar-refractivity contribution in [2.75, 3.05) is 27.4 Å². The standard InChI is InChI=1S/C14H27NO2/c1-16-10-9-14(7-8-14)11-15-12-3-5-13(17-2)6-4-12/h12-13,15H,3-11H2,1-2H3. The van der Waals surface area contributed by atoms with E-state index in [2.05, 4.69) is 5.32 Å². The molecule has 0 unspecified atom stereocenters. The second-order valence-electron chi connectivity index (χ2n) is 5.83. The lowest BCUT2D eigenvalue weighted by Crippen LogP contribution is -2.38. The van der Waals surface area contributed by atoms with Gasteiger partial charge < -0.3 is 14.8 Å². The minimum Gasteiger partial charge on any atom is -0.385 e. The van der Waals surface area contributed by atoms with Crippen LogP contribution in [0, 0.1) is 5.41 Å². The van der Waals surface area contributed by atoms with Gasteiger partial charge in [0.25, 0.3) is 0 Å². The normalized spacial score (nSPS) is 31.4. The molecule has 0 aromatic rings. The van der Waals surface area contributed by atoms with E-state index in [1.165, 1.54) is 51.5 Å². The molecular formula is C14H27NO2. The average Bonchev–Trinajstić information content (AvgIpc) is 3.15. The Morgan fingerprint density at radius 3 is 2.35 bits per heavy atom. The van der Waals surface area contributed by atoms with Crippen molar-refractivity contribution in [1.82, 2.24) is 5.32 Å². The van der Waals surface area contributed by atoms with E-state index < -0.39 is 0 Å². The monoisotopic (exact) mass is 241 g/mol. The van der Waals surface area contributed by atoms with Crippen LogP contribution in [0.15, 0.2) is 0 Å². The number of methoxy groups -OCH3 is 2. The molecule has 0 spiro atoms. The molecule has 0 saturated heterocycles. The van der Waals surface area contributed by atoms with E-state index in [9.17, 15) is 0 Å². The van der Waals surface area contributed by atoms with Crippen LogP contribution in [0.4, 0.5) is 0 Å². The highest BCUT2D eigenvalue weighted by Crippen LogP contribution is 2.48. The van der Waals surface area contributed by atoms with Gasteiger partial charge in [-0.05, 0) is 50.4 Å². The first kappa shape index (κ1) is 13.3. The Bertz CT molecular complexity index is 220. The van der Waals surface area contributed by atoms with Crippen LogP contribution in [-0.4, -0.2) is 39.5 Å². The number of hydrogen-bond donors (Lipinski definition) is 1. The molecule has 0 radical (unpaired) electrons. The van der Waals surface area contributed by atoms with E-state index in [0.29, 0.717) is 11.5 Å². The van der Waals surface area contributed by atoms with E-state index in [1.54, 1.807) is 7.11 Å². The fourth-order valence-electron chi connectivity index (χ4n) is 2.87. The summed E-state index contributed by atoms with van der Waals surface area (Å²) in [4.78, 5) is 0. The predicted molar refractivity (Wildman–Crippen MR) is 69.2 cm³/mol. The molecule has 3 heteroatoms. The summed E-state index contributed by atoms with van der Waals surface area (Å²) in [5.74, 6) is 0. The fraction of sp³-hybridized carbons (Fsp3) is 1.00. The first-order chi connectivity index (χ1) is 8.28. The Morgan fingerprint density at radius 2 is 1.82 bits per heavy atom. The molecule has 0 aromatic carbocycles. The van der Waals surface area contributed by atoms with Gasteiger partial charge in [-0.25, -0.2) is 0 Å². The molecule has 2 rings (SSSR count). The van der Waals surface area contributed by atoms with Crippen LogP contribution in [0.25, 0.3) is 0 Å². The van der Waals surface area contributed by atoms with Crippen molar-refractivity contribution in [2.24, 2.45) is 5.41 Å². The number of ether oxygens (including phenoxy) is 2. The van der Waals surface area contributed by atoms with Crippen molar-refractivity contribution in [1.29, 1.82) is 0 Å². The van der Waals surface area contributed by atoms with Gasteiger partial charge >= 0.3 is 0 Å². The van der Waals surface area contributed by atoms with Crippen molar-refractivity contribution in [3.63, 3.8) is 0 Å². The van der Waals surface area contributed by atoms with E-state index in [1.807, 2.05) is 7.11 Å². The van der Waals surface area contributed by atoms with Crippen molar-refractivity contribution in [3.8, 4) is 0 Å². The minimum atomic E-state index is 0.511. The maximum absolute atomic E-state index is 5.41. The van der Waals surface area contributed by atoms with Gasteiger partial charge in [0.1, 0.15) is 0 Å². The minimum absolute atomic E-state index is 0.511. The van der Waals surface area contributed by atoms with Gasteiger partial charge in [0, 0.05) is 33.4 Å². The number of hydrogen-bond acceptors (Lipinski definition) is 3. The second-order valence-corrected chi connectivity index (χ2v) is 5.83. The maximum atomic E-state index is 5.41. The molecule has 3 nitrogen and oxygen atoms in total. The Labute approximate surface area is 105 Å². The van der Waals surface area contributed by atoms with Crippen molar-refractivity contribution in [3.05, 3.63) is 0 Å². The summed E-state index contributed by atoms with van der Waals surface area (Å²) in [7, 11) is 3.64. The molecule has 2 aliphatic rings. The van der Waals surface area contributed by atoms with Crippen molar-refractivity contribution in [2.45, 2.75) is 57.1 Å². The van der Waals surface area contributed by atoms with Gasteiger partial charge in [-0.3, -0.25) is 0 Å². The summed E-state index contributed by atoms with van der Waals surface area (Å²) >= 11 is 0. The van der Waals surface area contributed by atoms with Gasteiger partial charge in [-0.2, -0.15) is 0 Å². The molecule has 0 bridgehead atoms. The van der Waals surface area contributed by atoms with E-state index in [4.69, 9.17) is 9.47 Å². The van der Waals surface area contributed by atoms with Crippen LogP contribution in [0.1, 0.15) is 44.9 Å². The molecule has 0 aromatic heterocycles. The van der Waals surface area contributed by atoms with Crippen LogP contribution < -0.4 is 5.32 Å². The maximum Gasteiger partial charge on any atom is 0.0572 e. The van der Waals surface area contributed by atoms with E-state index in [0.717, 1.165) is 12.6 Å². The lowest BCUT2D eigenvalue weighted by Gasteiger charge is -2.29. The Kier molecular flexibility index (Phi) is 4.83. The third kappa shape index (κ3) is 3.94. The summed E-state index contributed by atoms with van der Waals surface area (Å²) in [5.41, 5.74) is 0.577. The molecule has 0 aliphatic heterocycles. The zero-order valence-electron chi connectivity index (χ0n) is 11.3. The Morgan fingerprint density at radius 1 is 1.12 bits per heavy atom. The smallest absolute Gasteiger partial charge is 0.0572 e. The molecule has 100 valence electrons. The van der Waals surface area contributed by atoms with Crippen LogP contribution in [-0.2, 0) is 9.47 Å². The zero-order chi connectivity index (χ0) is 12.1. The molecule has 0 heterocycles. The molecule has 2 fully saturated rings. The quantitative estimate of drug-likeness (QED) is 0.742. The Balaban J connectivity index is 1.62. The zero-order valence-corrected chi connectivity index (χ0v) is 11.3. The van der Waals surface area contributed by atoms with E-state index in [-0.39, 0.29) is 0 Å². The van der Waals surface area contributed by atoms with Gasteiger partial charge in [0.2, 0.25) is 0 Å². The second kappa shape index (κ2) is 6.17. The lowest BCUT2D eigenvalue weighted by atomic mass is 9.92. The summed E-state index contributed by atoms with van der Waals surface area (Å²) in [6.45, 7) is 2.11. The average molecular weight is 241 g/mol. The van der Waals surface area contributed by atoms with Gasteiger partial charge in [0.05, 0.1) is 6.10 Å². The number of nitrogens with one attached hydrogen (secondary N) is 1. The third-order valence-electron chi connectivity index (χ3n) is 4.57. The van der Waals surface area contributed by atoms with Gasteiger partial charge in [-0.1, -0.05) is 0 Å². The number of rotatable bonds is 7. The van der Waals surface area contributed by atoms with Crippen molar-refractivity contribution >= 4 is 0 Å². The topological polar surface area (TPSA) is 30.5 Å². The third-order valence-corrected chi connectivity index (χ3v) is 4.57. The summed E-state index contributed by atoms with van der Waals surface area (Å²) < 4.78 is 10.6. The van der Waals surface area contributed by atoms with Crippen LogP contribution in [0.2, 0.25) is 0 Å². The predicted octanol–water partition coefficient (Wildman–Crippen LogP) is 2.35. The largest absolute Gasteiger partial charge is 0.385 e. The Hall–Kier alpha value is -0.120.